The number of carbonyl (C=O) groups excluding carboxylic acids is 2. The number of alkyl halides is 3. The highest BCUT2D eigenvalue weighted by Gasteiger charge is 2.31. The summed E-state index contributed by atoms with van der Waals surface area (Å²) in [5.41, 5.74) is 2.36. The van der Waals surface area contributed by atoms with Crippen LogP contribution < -0.4 is 10.2 Å². The van der Waals surface area contributed by atoms with E-state index in [0.717, 1.165) is 30.9 Å². The highest BCUT2D eigenvalue weighted by molar-refractivity contribution is 5.86. The Kier molecular flexibility index (Phi) is 7.32. The Hall–Kier alpha value is -3.82. The predicted octanol–water partition coefficient (Wildman–Crippen LogP) is 3.52. The Morgan fingerprint density at radius 3 is 2.28 bits per heavy atom. The molecule has 0 aliphatic carbocycles. The van der Waals surface area contributed by atoms with Gasteiger partial charge in [0.25, 0.3) is 0 Å². The van der Waals surface area contributed by atoms with Gasteiger partial charge in [0.15, 0.2) is 0 Å². The van der Waals surface area contributed by atoms with Crippen molar-refractivity contribution in [2.75, 3.05) is 37.6 Å². The number of nitrogens with zero attached hydrogens (tertiary/aromatic N) is 4. The van der Waals surface area contributed by atoms with Crippen LogP contribution in [0.2, 0.25) is 0 Å². The van der Waals surface area contributed by atoms with E-state index in [9.17, 15) is 22.8 Å². The molecular formula is C26H28F3N5O2. The number of carbonyl (C=O) groups is 2. The number of rotatable bonds is 6. The summed E-state index contributed by atoms with van der Waals surface area (Å²) in [7, 11) is 0. The van der Waals surface area contributed by atoms with Crippen molar-refractivity contribution < 1.29 is 22.8 Å². The van der Waals surface area contributed by atoms with E-state index < -0.39 is 11.7 Å². The number of hydrogen-bond acceptors (Lipinski definition) is 4. The Balaban J connectivity index is 1.33. The first-order chi connectivity index (χ1) is 17.1. The maximum Gasteiger partial charge on any atom is 0.416 e. The third-order valence-corrected chi connectivity index (χ3v) is 6.39. The summed E-state index contributed by atoms with van der Waals surface area (Å²) < 4.78 is 40.7. The quantitative estimate of drug-likeness (QED) is 0.564. The van der Waals surface area contributed by atoms with Crippen molar-refractivity contribution >= 4 is 17.5 Å². The van der Waals surface area contributed by atoms with Crippen LogP contribution in [0, 0.1) is 13.8 Å². The van der Waals surface area contributed by atoms with Crippen LogP contribution in [-0.4, -0.2) is 59.2 Å². The Morgan fingerprint density at radius 2 is 1.61 bits per heavy atom. The molecule has 1 fully saturated rings. The number of halogens is 3. The van der Waals surface area contributed by atoms with Crippen LogP contribution in [0.15, 0.2) is 54.6 Å². The number of aryl methyl sites for hydroxylation is 1. The normalized spacial score (nSPS) is 14.1. The first-order valence-electron chi connectivity index (χ1n) is 11.7. The van der Waals surface area contributed by atoms with Gasteiger partial charge in [0.1, 0.15) is 0 Å². The van der Waals surface area contributed by atoms with E-state index in [1.54, 1.807) is 18.7 Å². The average Bonchev–Trinajstić information content (AvgIpc) is 3.16. The lowest BCUT2D eigenvalue weighted by atomic mass is 10.1. The average molecular weight is 500 g/mol. The number of aromatic nitrogens is 2. The van der Waals surface area contributed by atoms with Crippen LogP contribution in [-0.2, 0) is 22.2 Å². The van der Waals surface area contributed by atoms with Crippen LogP contribution in [0.4, 0.5) is 18.9 Å². The van der Waals surface area contributed by atoms with Gasteiger partial charge in [-0.15, -0.1) is 0 Å². The zero-order chi connectivity index (χ0) is 25.9. The van der Waals surface area contributed by atoms with E-state index in [0.29, 0.717) is 30.0 Å². The molecule has 2 heterocycles. The van der Waals surface area contributed by atoms with Crippen LogP contribution in [0.5, 0.6) is 0 Å². The molecule has 10 heteroatoms. The molecule has 3 aromatic rings. The van der Waals surface area contributed by atoms with Gasteiger partial charge in [-0.25, -0.2) is 4.68 Å². The van der Waals surface area contributed by atoms with Crippen molar-refractivity contribution in [2.24, 2.45) is 0 Å². The molecule has 1 N–H and O–H groups in total. The molecule has 0 atom stereocenters. The molecule has 1 saturated heterocycles. The molecule has 4 rings (SSSR count). The molecule has 1 aromatic heterocycles. The number of anilines is 1. The Morgan fingerprint density at radius 1 is 0.944 bits per heavy atom. The summed E-state index contributed by atoms with van der Waals surface area (Å²) in [5.74, 6) is -0.495. The van der Waals surface area contributed by atoms with E-state index in [-0.39, 0.29) is 30.5 Å². The molecule has 0 saturated carbocycles. The van der Waals surface area contributed by atoms with Crippen LogP contribution in [0.25, 0.3) is 5.69 Å². The molecule has 0 unspecified atom stereocenters. The summed E-state index contributed by atoms with van der Waals surface area (Å²) in [4.78, 5) is 29.2. The van der Waals surface area contributed by atoms with E-state index in [4.69, 9.17) is 0 Å². The Labute approximate surface area is 207 Å². The van der Waals surface area contributed by atoms with Gasteiger partial charge >= 0.3 is 6.18 Å². The van der Waals surface area contributed by atoms with Gasteiger partial charge in [0.05, 0.1) is 29.9 Å². The van der Waals surface area contributed by atoms with E-state index >= 15 is 0 Å². The summed E-state index contributed by atoms with van der Waals surface area (Å²) in [6.07, 6.45) is -4.48. The first-order valence-corrected chi connectivity index (χ1v) is 11.7. The molecule has 2 aromatic carbocycles. The molecule has 190 valence electrons. The number of piperazine rings is 1. The summed E-state index contributed by atoms with van der Waals surface area (Å²) in [6.45, 7) is 5.89. The molecule has 0 radical (unpaired) electrons. The SMILES string of the molecule is Cc1nn(-c2cccc(C(F)(F)F)c2)c(C)c1CC(=O)NCC(=O)N1CCN(c2ccccc2)CC1. The third-order valence-electron chi connectivity index (χ3n) is 6.39. The zero-order valence-corrected chi connectivity index (χ0v) is 20.2. The van der Waals surface area contributed by atoms with Crippen molar-refractivity contribution in [3.63, 3.8) is 0 Å². The van der Waals surface area contributed by atoms with Gasteiger partial charge in [0, 0.05) is 43.1 Å². The maximum atomic E-state index is 13.1. The lowest BCUT2D eigenvalue weighted by Gasteiger charge is -2.36. The second-order valence-electron chi connectivity index (χ2n) is 8.77. The molecule has 2 amide bonds. The number of benzene rings is 2. The van der Waals surface area contributed by atoms with Crippen LogP contribution >= 0.6 is 0 Å². The Bertz CT molecular complexity index is 1230. The van der Waals surface area contributed by atoms with E-state index in [1.807, 2.05) is 30.3 Å². The van der Waals surface area contributed by atoms with Crippen LogP contribution in [0.3, 0.4) is 0 Å². The minimum absolute atomic E-state index is 0.0221. The topological polar surface area (TPSA) is 70.5 Å². The highest BCUT2D eigenvalue weighted by atomic mass is 19.4. The minimum atomic E-state index is -4.46. The standard InChI is InChI=1S/C26H28F3N5O2/c1-18-23(19(2)34(31-18)22-10-6-7-20(15-22)26(27,28)29)16-24(35)30-17-25(36)33-13-11-32(12-14-33)21-8-4-3-5-9-21/h3-10,15H,11-14,16-17H2,1-2H3,(H,30,35). The van der Waals surface area contributed by atoms with Crippen molar-refractivity contribution in [3.8, 4) is 5.69 Å². The summed E-state index contributed by atoms with van der Waals surface area (Å²) >= 11 is 0. The first kappa shape index (κ1) is 25.3. The fraction of sp³-hybridized carbons (Fsp3) is 0.346. The lowest BCUT2D eigenvalue weighted by molar-refractivity contribution is -0.137. The van der Waals surface area contributed by atoms with Gasteiger partial charge in [-0.1, -0.05) is 24.3 Å². The van der Waals surface area contributed by atoms with Gasteiger partial charge in [-0.05, 0) is 44.2 Å². The van der Waals surface area contributed by atoms with Crippen molar-refractivity contribution in [1.29, 1.82) is 0 Å². The van der Waals surface area contributed by atoms with Gasteiger partial charge in [-0.2, -0.15) is 18.3 Å². The molecule has 0 spiro atoms. The van der Waals surface area contributed by atoms with Crippen LogP contribution in [0.1, 0.15) is 22.5 Å². The fourth-order valence-corrected chi connectivity index (χ4v) is 4.36. The molecule has 0 bridgehead atoms. The molecule has 1 aliphatic rings. The summed E-state index contributed by atoms with van der Waals surface area (Å²) in [6, 6.07) is 14.9. The van der Waals surface area contributed by atoms with E-state index in [1.165, 1.54) is 16.8 Å². The van der Waals surface area contributed by atoms with Crippen molar-refractivity contribution in [2.45, 2.75) is 26.4 Å². The van der Waals surface area contributed by atoms with Gasteiger partial charge in [0.2, 0.25) is 11.8 Å². The maximum absolute atomic E-state index is 13.1. The third kappa shape index (κ3) is 5.69. The molecule has 7 nitrogen and oxygen atoms in total. The minimum Gasteiger partial charge on any atom is -0.368 e. The largest absolute Gasteiger partial charge is 0.416 e. The monoisotopic (exact) mass is 499 g/mol. The molecule has 1 aliphatic heterocycles. The lowest BCUT2D eigenvalue weighted by Crippen LogP contribution is -2.51. The van der Waals surface area contributed by atoms with Gasteiger partial charge in [-0.3, -0.25) is 9.59 Å². The number of nitrogens with one attached hydrogen (secondary N) is 1. The molecular weight excluding hydrogens is 471 g/mol. The highest BCUT2D eigenvalue weighted by Crippen LogP contribution is 2.31. The molecule has 36 heavy (non-hydrogen) atoms. The zero-order valence-electron chi connectivity index (χ0n) is 20.2. The second-order valence-corrected chi connectivity index (χ2v) is 8.77. The van der Waals surface area contributed by atoms with Gasteiger partial charge < -0.3 is 15.1 Å². The summed E-state index contributed by atoms with van der Waals surface area (Å²) in [5, 5.41) is 7.02. The van der Waals surface area contributed by atoms with Crippen molar-refractivity contribution in [1.82, 2.24) is 20.0 Å². The number of amides is 2. The number of hydrogen-bond donors (Lipinski definition) is 1. The van der Waals surface area contributed by atoms with E-state index in [2.05, 4.69) is 15.3 Å². The number of para-hydroxylation sites is 1. The smallest absolute Gasteiger partial charge is 0.368 e. The predicted molar refractivity (Wildman–Crippen MR) is 130 cm³/mol. The van der Waals surface area contributed by atoms with Crippen molar-refractivity contribution in [3.05, 3.63) is 77.1 Å². The fourth-order valence-electron chi connectivity index (χ4n) is 4.36. The second kappa shape index (κ2) is 10.4.